The first kappa shape index (κ1) is 17.6. The summed E-state index contributed by atoms with van der Waals surface area (Å²) in [5.74, 6) is 0.553. The second-order valence-corrected chi connectivity index (χ2v) is 6.91. The number of hydrogen-bond donors (Lipinski definition) is 1. The Kier molecular flexibility index (Phi) is 5.80. The van der Waals surface area contributed by atoms with E-state index in [0.717, 1.165) is 29.7 Å². The second kappa shape index (κ2) is 8.24. The van der Waals surface area contributed by atoms with Crippen LogP contribution >= 0.6 is 11.8 Å². The van der Waals surface area contributed by atoms with Crippen LogP contribution in [0.3, 0.4) is 0 Å². The molecule has 0 unspecified atom stereocenters. The molecule has 1 fully saturated rings. The predicted molar refractivity (Wildman–Crippen MR) is 97.5 cm³/mol. The van der Waals surface area contributed by atoms with Gasteiger partial charge in [-0.15, -0.1) is 0 Å². The molecular formula is C17H22FN5OS. The van der Waals surface area contributed by atoms with Crippen molar-refractivity contribution in [1.29, 1.82) is 0 Å². The summed E-state index contributed by atoms with van der Waals surface area (Å²) in [7, 11) is 1.95. The number of aromatic nitrogens is 2. The van der Waals surface area contributed by atoms with E-state index in [-0.39, 0.29) is 11.8 Å². The minimum atomic E-state index is -0.231. The van der Waals surface area contributed by atoms with Crippen LogP contribution < -0.4 is 10.2 Å². The Morgan fingerprint density at radius 2 is 1.96 bits per heavy atom. The van der Waals surface area contributed by atoms with Gasteiger partial charge < -0.3 is 19.7 Å². The van der Waals surface area contributed by atoms with Crippen molar-refractivity contribution in [3.05, 3.63) is 42.5 Å². The third-order valence-corrected chi connectivity index (χ3v) is 5.20. The Morgan fingerprint density at radius 3 is 2.60 bits per heavy atom. The van der Waals surface area contributed by atoms with E-state index in [0.29, 0.717) is 19.6 Å². The molecule has 6 nitrogen and oxygen atoms in total. The first-order valence-corrected chi connectivity index (χ1v) is 9.25. The largest absolute Gasteiger partial charge is 0.368 e. The number of urea groups is 1. The van der Waals surface area contributed by atoms with Gasteiger partial charge in [0.25, 0.3) is 0 Å². The molecule has 1 aliphatic rings. The van der Waals surface area contributed by atoms with E-state index in [2.05, 4.69) is 15.2 Å². The number of anilines is 1. The summed E-state index contributed by atoms with van der Waals surface area (Å²) in [6, 6.07) is 6.46. The summed E-state index contributed by atoms with van der Waals surface area (Å²) in [6.07, 6.45) is 3.67. The first-order chi connectivity index (χ1) is 12.1. The molecule has 25 heavy (non-hydrogen) atoms. The maximum Gasteiger partial charge on any atom is 0.317 e. The molecule has 0 atom stereocenters. The maximum atomic E-state index is 13.0. The lowest BCUT2D eigenvalue weighted by molar-refractivity contribution is 0.195. The molecule has 1 saturated heterocycles. The van der Waals surface area contributed by atoms with Crippen LogP contribution in [0.1, 0.15) is 0 Å². The van der Waals surface area contributed by atoms with Crippen molar-refractivity contribution in [2.45, 2.75) is 5.16 Å². The van der Waals surface area contributed by atoms with Gasteiger partial charge in [0.15, 0.2) is 5.16 Å². The van der Waals surface area contributed by atoms with Gasteiger partial charge in [-0.2, -0.15) is 0 Å². The van der Waals surface area contributed by atoms with Crippen LogP contribution in [0.25, 0.3) is 0 Å². The van der Waals surface area contributed by atoms with Crippen molar-refractivity contribution in [3.8, 4) is 0 Å². The standard InChI is InChI=1S/C17H22FN5OS/c1-21-8-6-20-17(21)25-13-7-19-16(24)23-11-9-22(10-12-23)15-4-2-14(18)3-5-15/h2-6,8H,7,9-13H2,1H3,(H,19,24). The highest BCUT2D eigenvalue weighted by molar-refractivity contribution is 7.99. The number of rotatable bonds is 5. The summed E-state index contributed by atoms with van der Waals surface area (Å²) in [4.78, 5) is 20.5. The Balaban J connectivity index is 1.38. The molecule has 1 aliphatic heterocycles. The molecular weight excluding hydrogens is 341 g/mol. The van der Waals surface area contributed by atoms with Crippen LogP contribution in [0.5, 0.6) is 0 Å². The van der Waals surface area contributed by atoms with Gasteiger partial charge in [-0.25, -0.2) is 14.2 Å². The second-order valence-electron chi connectivity index (χ2n) is 5.85. The van der Waals surface area contributed by atoms with E-state index < -0.39 is 0 Å². The van der Waals surface area contributed by atoms with Gasteiger partial charge >= 0.3 is 6.03 Å². The smallest absolute Gasteiger partial charge is 0.317 e. The molecule has 134 valence electrons. The van der Waals surface area contributed by atoms with E-state index in [1.807, 2.05) is 22.7 Å². The van der Waals surface area contributed by atoms with Crippen LogP contribution in [0, 0.1) is 5.82 Å². The van der Waals surface area contributed by atoms with E-state index >= 15 is 0 Å². The third-order valence-electron chi connectivity index (χ3n) is 4.15. The number of nitrogens with one attached hydrogen (secondary N) is 1. The number of benzene rings is 1. The number of carbonyl (C=O) groups excluding carboxylic acids is 1. The minimum absolute atomic E-state index is 0.0285. The highest BCUT2D eigenvalue weighted by atomic mass is 32.2. The van der Waals surface area contributed by atoms with Crippen molar-refractivity contribution in [2.75, 3.05) is 43.4 Å². The molecule has 3 rings (SSSR count). The number of thioether (sulfide) groups is 1. The van der Waals surface area contributed by atoms with Gasteiger partial charge in [-0.1, -0.05) is 11.8 Å². The summed E-state index contributed by atoms with van der Waals surface area (Å²) in [5, 5.41) is 3.90. The molecule has 1 aromatic heterocycles. The lowest BCUT2D eigenvalue weighted by atomic mass is 10.2. The zero-order chi connectivity index (χ0) is 17.6. The molecule has 2 aromatic rings. The Morgan fingerprint density at radius 1 is 1.24 bits per heavy atom. The number of piperazine rings is 1. The number of nitrogens with zero attached hydrogens (tertiary/aromatic N) is 4. The maximum absolute atomic E-state index is 13.0. The molecule has 0 spiro atoms. The monoisotopic (exact) mass is 363 g/mol. The number of aryl methyl sites for hydroxylation is 1. The zero-order valence-corrected chi connectivity index (χ0v) is 15.0. The summed E-state index contributed by atoms with van der Waals surface area (Å²) < 4.78 is 15.0. The Hall–Kier alpha value is -2.22. The lowest BCUT2D eigenvalue weighted by Gasteiger charge is -2.36. The van der Waals surface area contributed by atoms with Gasteiger partial charge in [0, 0.05) is 63.6 Å². The molecule has 1 N–H and O–H groups in total. The van der Waals surface area contributed by atoms with Gasteiger partial charge in [-0.3, -0.25) is 0 Å². The molecule has 0 bridgehead atoms. The number of halogens is 1. The Labute approximate surface area is 151 Å². The summed E-state index contributed by atoms with van der Waals surface area (Å²) in [6.45, 7) is 3.43. The fourth-order valence-corrected chi connectivity index (χ4v) is 3.51. The van der Waals surface area contributed by atoms with E-state index in [1.165, 1.54) is 12.1 Å². The molecule has 0 radical (unpaired) electrons. The molecule has 0 aliphatic carbocycles. The highest BCUT2D eigenvalue weighted by Crippen LogP contribution is 2.17. The lowest BCUT2D eigenvalue weighted by Crippen LogP contribution is -2.52. The summed E-state index contributed by atoms with van der Waals surface area (Å²) >= 11 is 1.62. The van der Waals surface area contributed by atoms with E-state index in [9.17, 15) is 9.18 Å². The summed E-state index contributed by atoms with van der Waals surface area (Å²) in [5.41, 5.74) is 0.993. The molecule has 1 aromatic carbocycles. The predicted octanol–water partition coefficient (Wildman–Crippen LogP) is 2.18. The average molecular weight is 363 g/mol. The number of carbonyl (C=O) groups is 1. The van der Waals surface area contributed by atoms with Crippen molar-refractivity contribution in [1.82, 2.24) is 19.8 Å². The molecule has 2 amide bonds. The highest BCUT2D eigenvalue weighted by Gasteiger charge is 2.21. The van der Waals surface area contributed by atoms with Gasteiger partial charge in [0.2, 0.25) is 0 Å². The van der Waals surface area contributed by atoms with Crippen LogP contribution in [-0.4, -0.2) is 59.0 Å². The normalized spacial score (nSPS) is 14.6. The molecule has 0 saturated carbocycles. The van der Waals surface area contributed by atoms with Gasteiger partial charge in [0.05, 0.1) is 0 Å². The topological polar surface area (TPSA) is 53.4 Å². The van der Waals surface area contributed by atoms with Crippen LogP contribution in [0.4, 0.5) is 14.9 Å². The third kappa shape index (κ3) is 4.66. The van der Waals surface area contributed by atoms with Crippen LogP contribution in [0.15, 0.2) is 41.8 Å². The first-order valence-electron chi connectivity index (χ1n) is 8.27. The fraction of sp³-hybridized carbons (Fsp3) is 0.412. The quantitative estimate of drug-likeness (QED) is 0.654. The zero-order valence-electron chi connectivity index (χ0n) is 14.2. The van der Waals surface area contributed by atoms with Crippen LogP contribution in [-0.2, 0) is 7.05 Å². The van der Waals surface area contributed by atoms with Crippen molar-refractivity contribution >= 4 is 23.5 Å². The minimum Gasteiger partial charge on any atom is -0.368 e. The van der Waals surface area contributed by atoms with Gasteiger partial charge in [-0.05, 0) is 24.3 Å². The number of amides is 2. The fourth-order valence-electron chi connectivity index (χ4n) is 2.72. The van der Waals surface area contributed by atoms with Crippen molar-refractivity contribution in [2.24, 2.45) is 7.05 Å². The van der Waals surface area contributed by atoms with Crippen molar-refractivity contribution in [3.63, 3.8) is 0 Å². The average Bonchev–Trinajstić information content (AvgIpc) is 3.04. The van der Waals surface area contributed by atoms with Gasteiger partial charge in [0.1, 0.15) is 5.82 Å². The Bertz CT molecular complexity index is 697. The number of imidazole rings is 1. The molecule has 8 heteroatoms. The number of hydrogen-bond acceptors (Lipinski definition) is 4. The van der Waals surface area contributed by atoms with E-state index in [1.54, 1.807) is 30.1 Å². The van der Waals surface area contributed by atoms with E-state index in [4.69, 9.17) is 0 Å². The molecule has 2 heterocycles. The van der Waals surface area contributed by atoms with Crippen molar-refractivity contribution < 1.29 is 9.18 Å². The SMILES string of the molecule is Cn1ccnc1SCCNC(=O)N1CCN(c2ccc(F)cc2)CC1. The van der Waals surface area contributed by atoms with Crippen LogP contribution in [0.2, 0.25) is 0 Å².